The summed E-state index contributed by atoms with van der Waals surface area (Å²) in [4.78, 5) is 30.6. The number of halogens is 1. The van der Waals surface area contributed by atoms with E-state index in [1.54, 1.807) is 6.21 Å². The lowest BCUT2D eigenvalue weighted by atomic mass is 10.4. The maximum absolute atomic E-state index is 11.7. The van der Waals surface area contributed by atoms with E-state index in [2.05, 4.69) is 14.7 Å². The smallest absolute Gasteiger partial charge is 0.358 e. The summed E-state index contributed by atoms with van der Waals surface area (Å²) in [5.74, 6) is -0.621. The molecule has 1 aliphatic rings. The molecule has 7 nitrogen and oxygen atoms in total. The van der Waals surface area contributed by atoms with Crippen LogP contribution in [-0.2, 0) is 4.74 Å². The van der Waals surface area contributed by atoms with Gasteiger partial charge in [0.15, 0.2) is 5.69 Å². The number of aliphatic imine (C=N–C) groups is 1. The highest BCUT2D eigenvalue weighted by atomic mass is 35.5. The fraction of sp³-hybridized carbons (Fsp3) is 0.200. The molecule has 0 atom stereocenters. The van der Waals surface area contributed by atoms with Gasteiger partial charge in [-0.3, -0.25) is 9.80 Å². The largest absolute Gasteiger partial charge is 0.464 e. The van der Waals surface area contributed by atoms with Gasteiger partial charge in [0.1, 0.15) is 5.16 Å². The monoisotopic (exact) mass is 268 g/mol. The van der Waals surface area contributed by atoms with Crippen LogP contribution in [0.1, 0.15) is 10.5 Å². The average molecular weight is 269 g/mol. The molecule has 0 unspecified atom stereocenters. The fourth-order valence-corrected chi connectivity index (χ4v) is 1.56. The van der Waals surface area contributed by atoms with Crippen LogP contribution in [0, 0.1) is 0 Å². The van der Waals surface area contributed by atoms with Crippen molar-refractivity contribution >= 4 is 23.8 Å². The molecule has 0 fully saturated rings. The molecule has 1 aromatic rings. The van der Waals surface area contributed by atoms with Crippen molar-refractivity contribution in [2.45, 2.75) is 0 Å². The third-order valence-corrected chi connectivity index (χ3v) is 2.39. The van der Waals surface area contributed by atoms with E-state index in [9.17, 15) is 9.59 Å². The summed E-state index contributed by atoms with van der Waals surface area (Å²) in [6, 6.07) is 0. The van der Waals surface area contributed by atoms with Gasteiger partial charge in [0.2, 0.25) is 0 Å². The molecule has 1 aromatic heterocycles. The quantitative estimate of drug-likeness (QED) is 0.561. The van der Waals surface area contributed by atoms with Crippen molar-refractivity contribution in [2.24, 2.45) is 4.99 Å². The minimum Gasteiger partial charge on any atom is -0.464 e. The molecule has 1 aliphatic heterocycles. The lowest BCUT2D eigenvalue weighted by Gasteiger charge is -2.22. The number of carbonyl (C=O) groups excluding carboxylic acids is 1. The van der Waals surface area contributed by atoms with E-state index in [0.717, 1.165) is 6.20 Å². The first-order valence-electron chi connectivity index (χ1n) is 4.95. The van der Waals surface area contributed by atoms with E-state index >= 15 is 0 Å². The van der Waals surface area contributed by atoms with Gasteiger partial charge in [0.05, 0.1) is 32.2 Å². The van der Waals surface area contributed by atoms with Crippen LogP contribution in [0.2, 0.25) is 0 Å². The molecular weight excluding hydrogens is 260 g/mol. The summed E-state index contributed by atoms with van der Waals surface area (Å²) in [6.45, 7) is 0.362. The van der Waals surface area contributed by atoms with E-state index < -0.39 is 11.5 Å². The van der Waals surface area contributed by atoms with Crippen molar-refractivity contribution in [3.8, 4) is 0 Å². The molecule has 0 saturated heterocycles. The second-order valence-corrected chi connectivity index (χ2v) is 3.72. The third-order valence-electron chi connectivity index (χ3n) is 2.19. The summed E-state index contributed by atoms with van der Waals surface area (Å²) in [5.41, 5.74) is -0.359. The zero-order chi connectivity index (χ0) is 13.1. The zero-order valence-electron chi connectivity index (χ0n) is 9.41. The van der Waals surface area contributed by atoms with Crippen LogP contribution in [0.15, 0.2) is 33.5 Å². The van der Waals surface area contributed by atoms with Crippen LogP contribution in [0.25, 0.3) is 0 Å². The van der Waals surface area contributed by atoms with Gasteiger partial charge in [0.25, 0.3) is 5.56 Å². The number of rotatable bonds is 2. The highest BCUT2D eigenvalue weighted by Crippen LogP contribution is 2.07. The number of aromatic nitrogens is 2. The van der Waals surface area contributed by atoms with Gasteiger partial charge in [-0.25, -0.2) is 19.4 Å². The van der Waals surface area contributed by atoms with E-state index in [1.807, 2.05) is 0 Å². The molecule has 0 amide bonds. The van der Waals surface area contributed by atoms with E-state index in [1.165, 1.54) is 29.2 Å². The minimum absolute atomic E-state index is 0.0316. The van der Waals surface area contributed by atoms with E-state index in [4.69, 9.17) is 11.6 Å². The topological polar surface area (TPSA) is 76.8 Å². The van der Waals surface area contributed by atoms with Crippen molar-refractivity contribution in [1.29, 1.82) is 0 Å². The molecule has 0 bridgehead atoms. The zero-order valence-corrected chi connectivity index (χ0v) is 10.2. The van der Waals surface area contributed by atoms with Crippen LogP contribution in [0.4, 0.5) is 0 Å². The van der Waals surface area contributed by atoms with Crippen molar-refractivity contribution in [3.05, 3.63) is 39.8 Å². The molecule has 0 N–H and O–H groups in total. The van der Waals surface area contributed by atoms with Crippen LogP contribution >= 0.6 is 11.6 Å². The normalized spacial score (nSPS) is 14.3. The molecule has 94 valence electrons. The second-order valence-electron chi connectivity index (χ2n) is 3.33. The van der Waals surface area contributed by atoms with Gasteiger partial charge in [-0.15, -0.1) is 0 Å². The molecule has 2 rings (SSSR count). The molecule has 0 radical (unpaired) electrons. The number of hydrogen-bond donors (Lipinski definition) is 0. The van der Waals surface area contributed by atoms with E-state index in [-0.39, 0.29) is 10.9 Å². The first-order valence-corrected chi connectivity index (χ1v) is 5.33. The number of hydrogen-bond acceptors (Lipinski definition) is 6. The highest BCUT2D eigenvalue weighted by molar-refractivity contribution is 6.30. The lowest BCUT2D eigenvalue weighted by molar-refractivity contribution is 0.0592. The van der Waals surface area contributed by atoms with Gasteiger partial charge in [0, 0.05) is 6.21 Å². The molecule has 0 aromatic carbocycles. The molecule has 2 heterocycles. The van der Waals surface area contributed by atoms with Gasteiger partial charge in [-0.2, -0.15) is 0 Å². The van der Waals surface area contributed by atoms with Crippen molar-refractivity contribution in [3.63, 3.8) is 0 Å². The Morgan fingerprint density at radius 2 is 2.33 bits per heavy atom. The summed E-state index contributed by atoms with van der Waals surface area (Å²) in [5, 5.41) is 1.75. The van der Waals surface area contributed by atoms with Crippen molar-refractivity contribution in [2.75, 3.05) is 18.7 Å². The highest BCUT2D eigenvalue weighted by Gasteiger charge is 2.13. The lowest BCUT2D eigenvalue weighted by Crippen LogP contribution is -2.41. The summed E-state index contributed by atoms with van der Waals surface area (Å²) >= 11 is 5.74. The first-order chi connectivity index (χ1) is 8.61. The summed E-state index contributed by atoms with van der Waals surface area (Å²) < 4.78 is 5.75. The average Bonchev–Trinajstić information content (AvgIpc) is 2.38. The molecule has 0 saturated carbocycles. The van der Waals surface area contributed by atoms with Gasteiger partial charge >= 0.3 is 5.97 Å². The maximum atomic E-state index is 11.7. The Balaban J connectivity index is 2.41. The predicted octanol–water partition coefficient (Wildman–Crippen LogP) is 0.0900. The Labute approximate surface area is 107 Å². The summed E-state index contributed by atoms with van der Waals surface area (Å²) in [6.07, 6.45) is 5.35. The van der Waals surface area contributed by atoms with Crippen molar-refractivity contribution in [1.82, 2.24) is 9.66 Å². The first kappa shape index (κ1) is 12.3. The van der Waals surface area contributed by atoms with Gasteiger partial charge in [-0.05, 0) is 0 Å². The Kier molecular flexibility index (Phi) is 3.42. The molecular formula is C10H9ClN4O3. The number of carbonyl (C=O) groups is 1. The Morgan fingerprint density at radius 1 is 1.56 bits per heavy atom. The number of esters is 1. The fourth-order valence-electron chi connectivity index (χ4n) is 1.38. The Morgan fingerprint density at radius 3 is 3.00 bits per heavy atom. The SMILES string of the molecule is COC(=O)c1cn(N2C=C(Cl)N=CC2)c(=O)cn1. The molecule has 0 spiro atoms. The van der Waals surface area contributed by atoms with Crippen LogP contribution < -0.4 is 10.6 Å². The predicted molar refractivity (Wildman–Crippen MR) is 65.3 cm³/mol. The molecule has 18 heavy (non-hydrogen) atoms. The minimum atomic E-state index is -0.621. The third kappa shape index (κ3) is 2.40. The number of methoxy groups -OCH3 is 1. The maximum Gasteiger partial charge on any atom is 0.358 e. The molecule has 0 aliphatic carbocycles. The van der Waals surface area contributed by atoms with Crippen molar-refractivity contribution < 1.29 is 9.53 Å². The standard InChI is InChI=1S/C10H9ClN4O3/c1-18-10(17)7-5-15(9(16)4-13-7)14-3-2-12-8(11)6-14/h2,4-6H,3H2,1H3. The molecule has 8 heteroatoms. The van der Waals surface area contributed by atoms with Gasteiger partial charge in [-0.1, -0.05) is 11.6 Å². The Bertz CT molecular complexity index is 593. The van der Waals surface area contributed by atoms with Gasteiger partial charge < -0.3 is 4.74 Å². The van der Waals surface area contributed by atoms with Crippen LogP contribution in [-0.4, -0.2) is 35.5 Å². The summed E-state index contributed by atoms with van der Waals surface area (Å²) in [7, 11) is 1.24. The Hall–Kier alpha value is -2.15. The number of nitrogens with zero attached hydrogens (tertiary/aromatic N) is 4. The second kappa shape index (κ2) is 5.01. The number of ether oxygens (including phenoxy) is 1. The van der Waals surface area contributed by atoms with Crippen LogP contribution in [0.3, 0.4) is 0 Å². The van der Waals surface area contributed by atoms with E-state index in [0.29, 0.717) is 6.54 Å². The van der Waals surface area contributed by atoms with Crippen LogP contribution in [0.5, 0.6) is 0 Å².